The average Bonchev–Trinajstić information content (AvgIpc) is 2.37. The van der Waals surface area contributed by atoms with Crippen molar-refractivity contribution < 1.29 is 17.6 Å². The Hall–Kier alpha value is -1.74. The van der Waals surface area contributed by atoms with Gasteiger partial charge in [-0.1, -0.05) is 0 Å². The van der Waals surface area contributed by atoms with Crippen LogP contribution in [-0.4, -0.2) is 45.7 Å². The van der Waals surface area contributed by atoms with Gasteiger partial charge in [0, 0.05) is 26.3 Å². The first-order valence-corrected chi connectivity index (χ1v) is 7.79. The first kappa shape index (κ1) is 16.3. The van der Waals surface area contributed by atoms with E-state index in [2.05, 4.69) is 20.3 Å². The number of nitrogens with zero attached hydrogens (tertiary/aromatic N) is 1. The molecule has 9 heteroatoms. The van der Waals surface area contributed by atoms with Crippen molar-refractivity contribution in [3.63, 3.8) is 0 Å². The molecule has 0 saturated heterocycles. The first-order valence-electron chi connectivity index (χ1n) is 5.90. The SMILES string of the molecule is CNc1nccc(C(=O)NCCCNS(C)(=O)=O)c1F. The topological polar surface area (TPSA) is 100 Å². The van der Waals surface area contributed by atoms with Crippen LogP contribution in [0.1, 0.15) is 16.8 Å². The lowest BCUT2D eigenvalue weighted by atomic mass is 10.2. The molecule has 20 heavy (non-hydrogen) atoms. The summed E-state index contributed by atoms with van der Waals surface area (Å²) in [4.78, 5) is 15.5. The minimum Gasteiger partial charge on any atom is -0.371 e. The lowest BCUT2D eigenvalue weighted by Crippen LogP contribution is -2.30. The molecule has 0 aliphatic rings. The minimum atomic E-state index is -3.23. The van der Waals surface area contributed by atoms with Gasteiger partial charge in [-0.25, -0.2) is 22.5 Å². The van der Waals surface area contributed by atoms with Crippen molar-refractivity contribution in [2.75, 3.05) is 31.7 Å². The molecule has 7 nitrogen and oxygen atoms in total. The zero-order valence-electron chi connectivity index (χ0n) is 11.2. The molecule has 1 amide bonds. The van der Waals surface area contributed by atoms with E-state index in [1.807, 2.05) is 0 Å². The van der Waals surface area contributed by atoms with Crippen LogP contribution in [0.4, 0.5) is 10.2 Å². The Morgan fingerprint density at radius 2 is 2.10 bits per heavy atom. The van der Waals surface area contributed by atoms with Gasteiger partial charge in [0.15, 0.2) is 11.6 Å². The molecule has 1 aromatic heterocycles. The normalized spacial score (nSPS) is 11.2. The third kappa shape index (κ3) is 5.10. The van der Waals surface area contributed by atoms with Gasteiger partial charge in [-0.3, -0.25) is 4.79 Å². The van der Waals surface area contributed by atoms with Crippen molar-refractivity contribution in [1.82, 2.24) is 15.0 Å². The Bertz CT molecular complexity index is 577. The maximum absolute atomic E-state index is 13.8. The van der Waals surface area contributed by atoms with Crippen molar-refractivity contribution in [2.45, 2.75) is 6.42 Å². The summed E-state index contributed by atoms with van der Waals surface area (Å²) < 4.78 is 37.7. The number of amides is 1. The molecule has 0 aliphatic heterocycles. The third-order valence-corrected chi connectivity index (χ3v) is 3.10. The smallest absolute Gasteiger partial charge is 0.254 e. The summed E-state index contributed by atoms with van der Waals surface area (Å²) in [7, 11) is -1.73. The Morgan fingerprint density at radius 3 is 2.70 bits per heavy atom. The highest BCUT2D eigenvalue weighted by Crippen LogP contribution is 2.13. The highest BCUT2D eigenvalue weighted by molar-refractivity contribution is 7.88. The molecule has 0 aliphatic carbocycles. The van der Waals surface area contributed by atoms with Gasteiger partial charge in [-0.2, -0.15) is 0 Å². The molecule has 1 rings (SSSR count). The Morgan fingerprint density at radius 1 is 1.40 bits per heavy atom. The molecule has 1 heterocycles. The standard InChI is InChI=1S/C11H17FN4O3S/c1-13-10-9(12)8(4-7-14-10)11(17)15-5-3-6-16-20(2,18)19/h4,7,16H,3,5-6H2,1-2H3,(H,13,14)(H,15,17). The summed E-state index contributed by atoms with van der Waals surface area (Å²) in [5.74, 6) is -1.29. The van der Waals surface area contributed by atoms with Crippen molar-refractivity contribution in [3.8, 4) is 0 Å². The van der Waals surface area contributed by atoms with Crippen LogP contribution in [0, 0.1) is 5.82 Å². The molecule has 1 aromatic rings. The van der Waals surface area contributed by atoms with Gasteiger partial charge in [0.1, 0.15) is 0 Å². The number of hydrogen-bond donors (Lipinski definition) is 3. The molecular weight excluding hydrogens is 287 g/mol. The number of aromatic nitrogens is 1. The van der Waals surface area contributed by atoms with E-state index in [1.54, 1.807) is 0 Å². The van der Waals surface area contributed by atoms with Crippen LogP contribution >= 0.6 is 0 Å². The van der Waals surface area contributed by atoms with Crippen LogP contribution in [0.3, 0.4) is 0 Å². The van der Waals surface area contributed by atoms with Crippen LogP contribution < -0.4 is 15.4 Å². The number of pyridine rings is 1. The Labute approximate surface area is 117 Å². The van der Waals surface area contributed by atoms with Gasteiger partial charge in [0.05, 0.1) is 11.8 Å². The second-order valence-electron chi connectivity index (χ2n) is 4.05. The van der Waals surface area contributed by atoms with E-state index in [1.165, 1.54) is 19.3 Å². The maximum atomic E-state index is 13.8. The number of rotatable bonds is 7. The fraction of sp³-hybridized carbons (Fsp3) is 0.455. The van der Waals surface area contributed by atoms with E-state index >= 15 is 0 Å². The van der Waals surface area contributed by atoms with Crippen LogP contribution in [-0.2, 0) is 10.0 Å². The lowest BCUT2D eigenvalue weighted by Gasteiger charge is -2.08. The molecule has 0 atom stereocenters. The number of anilines is 1. The monoisotopic (exact) mass is 304 g/mol. The molecule has 0 radical (unpaired) electrons. The van der Waals surface area contributed by atoms with E-state index in [-0.39, 0.29) is 24.5 Å². The number of sulfonamides is 1. The number of carbonyl (C=O) groups is 1. The van der Waals surface area contributed by atoms with Gasteiger partial charge in [-0.05, 0) is 12.5 Å². The predicted octanol–water partition coefficient (Wildman–Crippen LogP) is -0.0685. The van der Waals surface area contributed by atoms with E-state index in [4.69, 9.17) is 0 Å². The third-order valence-electron chi connectivity index (χ3n) is 2.37. The molecule has 0 saturated carbocycles. The lowest BCUT2D eigenvalue weighted by molar-refractivity contribution is 0.0949. The molecule has 0 aromatic carbocycles. The summed E-state index contributed by atoms with van der Waals surface area (Å²) in [5, 5.41) is 5.05. The minimum absolute atomic E-state index is 0.00334. The van der Waals surface area contributed by atoms with Crippen molar-refractivity contribution in [1.29, 1.82) is 0 Å². The van der Waals surface area contributed by atoms with E-state index in [0.29, 0.717) is 6.42 Å². The Kier molecular flexibility index (Phi) is 5.83. The molecule has 0 unspecified atom stereocenters. The maximum Gasteiger partial charge on any atom is 0.254 e. The predicted molar refractivity (Wildman–Crippen MR) is 73.5 cm³/mol. The zero-order valence-corrected chi connectivity index (χ0v) is 12.1. The largest absolute Gasteiger partial charge is 0.371 e. The first-order chi connectivity index (χ1) is 9.35. The van der Waals surface area contributed by atoms with Crippen LogP contribution in [0.2, 0.25) is 0 Å². The summed E-state index contributed by atoms with van der Waals surface area (Å²) in [6, 6.07) is 1.28. The molecule has 0 fully saturated rings. The van der Waals surface area contributed by atoms with Crippen molar-refractivity contribution in [2.24, 2.45) is 0 Å². The average molecular weight is 304 g/mol. The van der Waals surface area contributed by atoms with Crippen LogP contribution in [0.25, 0.3) is 0 Å². The van der Waals surface area contributed by atoms with Crippen LogP contribution in [0.15, 0.2) is 12.3 Å². The van der Waals surface area contributed by atoms with Gasteiger partial charge in [0.2, 0.25) is 10.0 Å². The number of carbonyl (C=O) groups excluding carboxylic acids is 1. The van der Waals surface area contributed by atoms with E-state index in [0.717, 1.165) is 6.26 Å². The second-order valence-corrected chi connectivity index (χ2v) is 5.88. The molecule has 0 spiro atoms. The highest BCUT2D eigenvalue weighted by atomic mass is 32.2. The fourth-order valence-corrected chi connectivity index (χ4v) is 1.95. The summed E-state index contributed by atoms with van der Waals surface area (Å²) >= 11 is 0. The molecular formula is C11H17FN4O3S. The molecule has 0 bridgehead atoms. The van der Waals surface area contributed by atoms with Gasteiger partial charge in [-0.15, -0.1) is 0 Å². The summed E-state index contributed by atoms with van der Waals surface area (Å²) in [6.07, 6.45) is 2.79. The van der Waals surface area contributed by atoms with Gasteiger partial charge in [0.25, 0.3) is 5.91 Å². The quantitative estimate of drug-likeness (QED) is 0.612. The van der Waals surface area contributed by atoms with E-state index in [9.17, 15) is 17.6 Å². The number of nitrogens with one attached hydrogen (secondary N) is 3. The van der Waals surface area contributed by atoms with Gasteiger partial charge >= 0.3 is 0 Å². The second kappa shape index (κ2) is 7.15. The number of hydrogen-bond acceptors (Lipinski definition) is 5. The summed E-state index contributed by atoms with van der Waals surface area (Å²) in [5.41, 5.74) is -0.111. The fourth-order valence-electron chi connectivity index (χ4n) is 1.44. The Balaban J connectivity index is 2.48. The molecule has 112 valence electrons. The van der Waals surface area contributed by atoms with E-state index < -0.39 is 21.7 Å². The van der Waals surface area contributed by atoms with Gasteiger partial charge < -0.3 is 10.6 Å². The zero-order chi connectivity index (χ0) is 15.2. The summed E-state index contributed by atoms with van der Waals surface area (Å²) in [6.45, 7) is 0.442. The van der Waals surface area contributed by atoms with Crippen LogP contribution in [0.5, 0.6) is 0 Å². The van der Waals surface area contributed by atoms with Crippen molar-refractivity contribution >= 4 is 21.7 Å². The van der Waals surface area contributed by atoms with Crippen molar-refractivity contribution in [3.05, 3.63) is 23.6 Å². The molecule has 3 N–H and O–H groups in total. The highest BCUT2D eigenvalue weighted by Gasteiger charge is 2.14. The number of halogens is 1.